The summed E-state index contributed by atoms with van der Waals surface area (Å²) in [5.74, 6) is -1.26. The number of benzene rings is 3. The fraction of sp³-hybridized carbons (Fsp3) is 0.258. The molecule has 4 rings (SSSR count). The highest BCUT2D eigenvalue weighted by molar-refractivity contribution is 7.89. The first-order chi connectivity index (χ1) is 19.7. The Morgan fingerprint density at radius 2 is 1.59 bits per heavy atom. The first-order valence-corrected chi connectivity index (χ1v) is 14.7. The van der Waals surface area contributed by atoms with Crippen LogP contribution in [0.2, 0.25) is 0 Å². The molecule has 1 heterocycles. The molecule has 0 fully saturated rings. The average molecular weight is 575 g/mol. The third-order valence-corrected chi connectivity index (χ3v) is 8.46. The number of nitrogens with zero attached hydrogens (tertiary/aromatic N) is 3. The van der Waals surface area contributed by atoms with Gasteiger partial charge < -0.3 is 14.6 Å². The Labute approximate surface area is 240 Å². The lowest BCUT2D eigenvalue weighted by molar-refractivity contribution is -0.145. The molecule has 0 saturated carbocycles. The van der Waals surface area contributed by atoms with E-state index in [9.17, 15) is 18.0 Å². The van der Waals surface area contributed by atoms with Gasteiger partial charge in [-0.3, -0.25) is 4.79 Å². The van der Waals surface area contributed by atoms with Gasteiger partial charge in [0.05, 0.1) is 30.6 Å². The summed E-state index contributed by atoms with van der Waals surface area (Å²) in [5.41, 5.74) is 3.55. The molecule has 1 aromatic heterocycles. The average Bonchev–Trinajstić information content (AvgIpc) is 3.42. The highest BCUT2D eigenvalue weighted by Crippen LogP contribution is 2.17. The Morgan fingerprint density at radius 1 is 0.951 bits per heavy atom. The van der Waals surface area contributed by atoms with E-state index in [4.69, 9.17) is 4.74 Å². The van der Waals surface area contributed by atoms with Gasteiger partial charge in [0.15, 0.2) is 0 Å². The van der Waals surface area contributed by atoms with E-state index in [0.717, 1.165) is 21.0 Å². The van der Waals surface area contributed by atoms with Gasteiger partial charge in [0, 0.05) is 25.7 Å². The number of nitrogens with one attached hydrogen (secondary N) is 1. The summed E-state index contributed by atoms with van der Waals surface area (Å²) in [6.07, 6.45) is 3.98. The lowest BCUT2D eigenvalue weighted by Crippen LogP contribution is -2.48. The van der Waals surface area contributed by atoms with Crippen molar-refractivity contribution < 1.29 is 22.7 Å². The van der Waals surface area contributed by atoms with E-state index in [2.05, 4.69) is 10.3 Å². The van der Waals surface area contributed by atoms with Crippen molar-refractivity contribution in [3.63, 3.8) is 0 Å². The Balaban J connectivity index is 1.48. The van der Waals surface area contributed by atoms with Gasteiger partial charge in [0.2, 0.25) is 15.9 Å². The number of carbonyl (C=O) groups is 2. The van der Waals surface area contributed by atoms with Gasteiger partial charge in [-0.2, -0.15) is 4.31 Å². The maximum atomic E-state index is 13.6. The van der Waals surface area contributed by atoms with E-state index in [1.54, 1.807) is 18.5 Å². The predicted octanol–water partition coefficient (Wildman–Crippen LogP) is 3.37. The number of hydrogen-bond donors (Lipinski definition) is 1. The fourth-order valence-corrected chi connectivity index (χ4v) is 5.78. The number of amides is 1. The van der Waals surface area contributed by atoms with Crippen molar-refractivity contribution in [1.29, 1.82) is 0 Å². The zero-order chi connectivity index (χ0) is 29.2. The molecule has 0 aliphatic rings. The minimum absolute atomic E-state index is 0.0838. The van der Waals surface area contributed by atoms with Crippen LogP contribution in [0.1, 0.15) is 22.4 Å². The molecule has 0 bridgehead atoms. The Bertz CT molecular complexity index is 1540. The van der Waals surface area contributed by atoms with Crippen LogP contribution in [0.4, 0.5) is 0 Å². The molecule has 0 aliphatic carbocycles. The molecular weight excluding hydrogens is 540 g/mol. The number of ether oxygens (including phenoxy) is 1. The monoisotopic (exact) mass is 574 g/mol. The van der Waals surface area contributed by atoms with Crippen LogP contribution in [0.5, 0.6) is 0 Å². The van der Waals surface area contributed by atoms with Crippen molar-refractivity contribution in [2.24, 2.45) is 0 Å². The van der Waals surface area contributed by atoms with Gasteiger partial charge in [-0.25, -0.2) is 18.2 Å². The van der Waals surface area contributed by atoms with Crippen molar-refractivity contribution in [3.05, 3.63) is 120 Å². The van der Waals surface area contributed by atoms with Crippen LogP contribution < -0.4 is 5.32 Å². The third-order valence-electron chi connectivity index (χ3n) is 6.60. The molecule has 0 unspecified atom stereocenters. The molecule has 4 aromatic rings. The minimum Gasteiger partial charge on any atom is -0.467 e. The second-order valence-electron chi connectivity index (χ2n) is 9.76. The number of rotatable bonds is 13. The van der Waals surface area contributed by atoms with E-state index in [0.29, 0.717) is 18.7 Å². The Morgan fingerprint density at radius 3 is 2.22 bits per heavy atom. The van der Waals surface area contributed by atoms with Crippen LogP contribution in [-0.2, 0) is 43.7 Å². The number of esters is 1. The second kappa shape index (κ2) is 13.9. The molecule has 1 N–H and O–H groups in total. The molecular formula is C31H34N4O5S. The van der Waals surface area contributed by atoms with Crippen molar-refractivity contribution in [3.8, 4) is 0 Å². The third kappa shape index (κ3) is 8.36. The van der Waals surface area contributed by atoms with Crippen LogP contribution in [0.25, 0.3) is 0 Å². The van der Waals surface area contributed by atoms with Crippen LogP contribution in [0, 0.1) is 6.92 Å². The molecule has 10 heteroatoms. The number of imidazole rings is 1. The summed E-state index contributed by atoms with van der Waals surface area (Å²) < 4.78 is 35.1. The van der Waals surface area contributed by atoms with Gasteiger partial charge in [-0.05, 0) is 36.6 Å². The largest absolute Gasteiger partial charge is 0.467 e. The summed E-state index contributed by atoms with van der Waals surface area (Å²) in [5, 5.41) is 2.67. The first kappa shape index (κ1) is 29.7. The van der Waals surface area contributed by atoms with E-state index in [-0.39, 0.29) is 17.9 Å². The van der Waals surface area contributed by atoms with Gasteiger partial charge in [0.1, 0.15) is 6.04 Å². The molecule has 1 atom stereocenters. The van der Waals surface area contributed by atoms with E-state index in [1.807, 2.05) is 78.4 Å². The van der Waals surface area contributed by atoms with Crippen LogP contribution >= 0.6 is 0 Å². The summed E-state index contributed by atoms with van der Waals surface area (Å²) >= 11 is 0. The van der Waals surface area contributed by atoms with E-state index in [1.165, 1.54) is 19.2 Å². The topological polar surface area (TPSA) is 111 Å². The first-order valence-electron chi connectivity index (χ1n) is 13.3. The lowest BCUT2D eigenvalue weighted by Gasteiger charge is -2.23. The maximum absolute atomic E-state index is 13.6. The van der Waals surface area contributed by atoms with Crippen LogP contribution in [0.15, 0.2) is 102 Å². The zero-order valence-electron chi connectivity index (χ0n) is 23.1. The fourth-order valence-electron chi connectivity index (χ4n) is 4.38. The molecule has 9 nitrogen and oxygen atoms in total. The number of aryl methyl sites for hydroxylation is 1. The molecule has 0 saturated heterocycles. The van der Waals surface area contributed by atoms with Crippen molar-refractivity contribution in [2.45, 2.75) is 37.2 Å². The summed E-state index contributed by atoms with van der Waals surface area (Å²) in [6, 6.07) is 24.8. The molecule has 214 valence electrons. The van der Waals surface area contributed by atoms with Gasteiger partial charge in [0.25, 0.3) is 0 Å². The molecule has 1 amide bonds. The standard InChI is InChI=1S/C31H34N4O5S/c1-24-13-15-28(16-14-24)41(38,39)35(18-17-25-9-5-3-6-10-25)22-30(36)33-29(31(37)40-2)19-27-21-34(23-32-27)20-26-11-7-4-8-12-26/h3-16,21,23,29H,17-20,22H2,1-2H3,(H,33,36)/t29-/m0/s1. The van der Waals surface area contributed by atoms with Crippen molar-refractivity contribution in [1.82, 2.24) is 19.2 Å². The number of carbonyl (C=O) groups excluding carboxylic acids is 2. The highest BCUT2D eigenvalue weighted by atomic mass is 32.2. The Kier molecular flexibility index (Phi) is 10.0. The second-order valence-corrected chi connectivity index (χ2v) is 11.7. The number of methoxy groups -OCH3 is 1. The summed E-state index contributed by atoms with van der Waals surface area (Å²) in [4.78, 5) is 30.3. The number of aromatic nitrogens is 2. The quantitative estimate of drug-likeness (QED) is 0.245. The molecule has 0 aliphatic heterocycles. The molecule has 3 aromatic carbocycles. The van der Waals surface area contributed by atoms with Gasteiger partial charge in [-0.15, -0.1) is 0 Å². The normalized spacial score (nSPS) is 12.2. The van der Waals surface area contributed by atoms with Crippen molar-refractivity contribution in [2.75, 3.05) is 20.2 Å². The van der Waals surface area contributed by atoms with Crippen molar-refractivity contribution >= 4 is 21.9 Å². The van der Waals surface area contributed by atoms with E-state index < -0.39 is 34.5 Å². The smallest absolute Gasteiger partial charge is 0.328 e. The summed E-state index contributed by atoms with van der Waals surface area (Å²) in [6.45, 7) is 2.10. The van der Waals surface area contributed by atoms with Crippen LogP contribution in [-0.4, -0.2) is 60.4 Å². The molecule has 0 spiro atoms. The highest BCUT2D eigenvalue weighted by Gasteiger charge is 2.29. The summed E-state index contributed by atoms with van der Waals surface area (Å²) in [7, 11) is -2.75. The van der Waals surface area contributed by atoms with E-state index >= 15 is 0 Å². The van der Waals surface area contributed by atoms with Crippen LogP contribution in [0.3, 0.4) is 0 Å². The van der Waals surface area contributed by atoms with Gasteiger partial charge >= 0.3 is 5.97 Å². The predicted molar refractivity (Wildman–Crippen MR) is 156 cm³/mol. The number of sulfonamides is 1. The SMILES string of the molecule is COC(=O)[C@H](Cc1cn(Cc2ccccc2)cn1)NC(=O)CN(CCc1ccccc1)S(=O)(=O)c1ccc(C)cc1. The lowest BCUT2D eigenvalue weighted by atomic mass is 10.1. The number of hydrogen-bond acceptors (Lipinski definition) is 6. The molecule has 41 heavy (non-hydrogen) atoms. The molecule has 0 radical (unpaired) electrons. The maximum Gasteiger partial charge on any atom is 0.328 e. The zero-order valence-corrected chi connectivity index (χ0v) is 24.0. The van der Waals surface area contributed by atoms with Gasteiger partial charge in [-0.1, -0.05) is 78.4 Å². The Hall–Kier alpha value is -4.28. The minimum atomic E-state index is -3.99.